The van der Waals surface area contributed by atoms with Crippen LogP contribution in [0.1, 0.15) is 36.2 Å². The summed E-state index contributed by atoms with van der Waals surface area (Å²) in [6.45, 7) is 7.35. The van der Waals surface area contributed by atoms with Crippen molar-refractivity contribution < 1.29 is 19.4 Å². The van der Waals surface area contributed by atoms with Gasteiger partial charge in [0.05, 0.1) is 0 Å². The molecule has 2 aromatic heterocycles. The molecule has 200 valence electrons. The molecule has 0 aliphatic carbocycles. The Balaban J connectivity index is 1.25. The molecule has 11 nitrogen and oxygen atoms in total. The Morgan fingerprint density at radius 3 is 2.47 bits per heavy atom. The Bertz CT molecular complexity index is 1330. The number of pyridine rings is 1. The fraction of sp³-hybridized carbons (Fsp3) is 0.407. The first-order valence-electron chi connectivity index (χ1n) is 12.9. The molecule has 5 rings (SSSR count). The van der Waals surface area contributed by atoms with Crippen molar-refractivity contribution in [2.24, 2.45) is 0 Å². The minimum Gasteiger partial charge on any atom is -0.356 e. The Morgan fingerprint density at radius 1 is 1.08 bits per heavy atom. The van der Waals surface area contributed by atoms with Crippen LogP contribution in [0.4, 0.5) is 11.6 Å². The summed E-state index contributed by atoms with van der Waals surface area (Å²) in [6, 6.07) is 11.2. The number of ether oxygens (including phenoxy) is 1. The molecule has 1 unspecified atom stereocenters. The molecule has 11 heteroatoms. The molecular formula is C27H33N7O4. The maximum absolute atomic E-state index is 12.9. The standard InChI is InChI=1S/C27H33N7O4/c1-3-38-27(37)33-13-10-20(11-14-33)23-5-4-12-34-24(23)29-26(30-34)28-22-8-6-21(7-9-22)25(36)32-17-15-31(16-18-32)19(2)35/h4-10,12,27,37H,3,11,13-18H2,1-2H3,(H,28,30). The van der Waals surface area contributed by atoms with Crippen molar-refractivity contribution in [3.05, 3.63) is 59.8 Å². The third-order valence-electron chi connectivity index (χ3n) is 6.98. The number of carbonyl (C=O) groups is 2. The highest BCUT2D eigenvalue weighted by atomic mass is 16.6. The van der Waals surface area contributed by atoms with Gasteiger partial charge in [-0.05, 0) is 55.3 Å². The second-order valence-corrected chi connectivity index (χ2v) is 9.38. The van der Waals surface area contributed by atoms with Crippen LogP contribution in [0.25, 0.3) is 11.2 Å². The molecule has 2 aliphatic rings. The van der Waals surface area contributed by atoms with Gasteiger partial charge in [0.15, 0.2) is 5.65 Å². The molecular weight excluding hydrogens is 486 g/mol. The lowest BCUT2D eigenvalue weighted by atomic mass is 10.0. The molecule has 0 bridgehead atoms. The van der Waals surface area contributed by atoms with Crippen molar-refractivity contribution >= 4 is 34.7 Å². The number of nitrogens with one attached hydrogen (secondary N) is 1. The number of rotatable bonds is 7. The summed E-state index contributed by atoms with van der Waals surface area (Å²) in [6.07, 6.45) is 3.83. The lowest BCUT2D eigenvalue weighted by Crippen LogP contribution is -2.50. The molecule has 2 amide bonds. The SMILES string of the molecule is CCOC(O)N1CC=C(c2cccn3nc(Nc4ccc(C(=O)N5CCN(C(C)=O)CC5)cc4)nc23)CC1. The zero-order valence-electron chi connectivity index (χ0n) is 21.7. The normalized spacial score (nSPS) is 17.4. The minimum atomic E-state index is -0.892. The van der Waals surface area contributed by atoms with Crippen molar-refractivity contribution in [2.45, 2.75) is 26.7 Å². The molecule has 1 saturated heterocycles. The van der Waals surface area contributed by atoms with E-state index in [2.05, 4.69) is 16.5 Å². The number of piperazine rings is 1. The van der Waals surface area contributed by atoms with E-state index in [4.69, 9.17) is 9.72 Å². The van der Waals surface area contributed by atoms with E-state index in [1.165, 1.54) is 0 Å². The van der Waals surface area contributed by atoms with Crippen molar-refractivity contribution in [3.63, 3.8) is 0 Å². The van der Waals surface area contributed by atoms with E-state index in [0.29, 0.717) is 57.4 Å². The highest BCUT2D eigenvalue weighted by Gasteiger charge is 2.24. The third-order valence-corrected chi connectivity index (χ3v) is 6.98. The fourth-order valence-corrected chi connectivity index (χ4v) is 4.83. The van der Waals surface area contributed by atoms with Gasteiger partial charge in [-0.2, -0.15) is 4.98 Å². The average molecular weight is 520 g/mol. The Morgan fingerprint density at radius 2 is 1.82 bits per heavy atom. The van der Waals surface area contributed by atoms with Gasteiger partial charge in [-0.15, -0.1) is 5.10 Å². The molecule has 0 radical (unpaired) electrons. The summed E-state index contributed by atoms with van der Waals surface area (Å²) in [5, 5.41) is 17.9. The van der Waals surface area contributed by atoms with E-state index >= 15 is 0 Å². The van der Waals surface area contributed by atoms with Crippen LogP contribution in [0, 0.1) is 0 Å². The van der Waals surface area contributed by atoms with Crippen molar-refractivity contribution in [3.8, 4) is 0 Å². The first-order chi connectivity index (χ1) is 18.4. The first kappa shape index (κ1) is 25.8. The molecule has 0 saturated carbocycles. The molecule has 38 heavy (non-hydrogen) atoms. The number of aliphatic hydroxyl groups is 1. The number of fused-ring (bicyclic) bond motifs is 1. The van der Waals surface area contributed by atoms with Crippen LogP contribution in [0.5, 0.6) is 0 Å². The summed E-state index contributed by atoms with van der Waals surface area (Å²) >= 11 is 0. The van der Waals surface area contributed by atoms with Gasteiger partial charge in [-0.1, -0.05) is 6.08 Å². The van der Waals surface area contributed by atoms with Gasteiger partial charge in [0.25, 0.3) is 5.91 Å². The maximum atomic E-state index is 12.9. The molecule has 4 heterocycles. The zero-order valence-corrected chi connectivity index (χ0v) is 21.7. The van der Waals surface area contributed by atoms with Gasteiger partial charge in [-0.25, -0.2) is 4.52 Å². The summed E-state index contributed by atoms with van der Waals surface area (Å²) in [4.78, 5) is 34.6. The predicted octanol–water partition coefficient (Wildman–Crippen LogP) is 2.18. The highest BCUT2D eigenvalue weighted by molar-refractivity contribution is 5.94. The number of hydrogen-bond donors (Lipinski definition) is 2. The van der Waals surface area contributed by atoms with Crippen LogP contribution in [0.3, 0.4) is 0 Å². The first-order valence-corrected chi connectivity index (χ1v) is 12.9. The van der Waals surface area contributed by atoms with Crippen LogP contribution in [-0.2, 0) is 9.53 Å². The predicted molar refractivity (Wildman–Crippen MR) is 143 cm³/mol. The Labute approximate surface area is 221 Å². The lowest BCUT2D eigenvalue weighted by Gasteiger charge is -2.34. The number of nitrogens with zero attached hydrogens (tertiary/aromatic N) is 6. The number of benzene rings is 1. The molecule has 2 aliphatic heterocycles. The summed E-state index contributed by atoms with van der Waals surface area (Å²) in [5.74, 6) is 0.463. The number of aromatic nitrogens is 3. The number of anilines is 2. The van der Waals surface area contributed by atoms with Gasteiger partial charge in [-0.3, -0.25) is 14.5 Å². The average Bonchev–Trinajstić information content (AvgIpc) is 3.36. The van der Waals surface area contributed by atoms with E-state index in [1.54, 1.807) is 33.4 Å². The summed E-state index contributed by atoms with van der Waals surface area (Å²) in [7, 11) is 0. The molecule has 1 aromatic carbocycles. The second kappa shape index (κ2) is 11.3. The molecule has 0 spiro atoms. The molecule has 1 fully saturated rings. The molecule has 1 atom stereocenters. The van der Waals surface area contributed by atoms with E-state index in [-0.39, 0.29) is 11.8 Å². The van der Waals surface area contributed by atoms with E-state index in [1.807, 2.05) is 42.3 Å². The lowest BCUT2D eigenvalue weighted by molar-refractivity contribution is -0.187. The van der Waals surface area contributed by atoms with Crippen molar-refractivity contribution in [2.75, 3.05) is 51.2 Å². The van der Waals surface area contributed by atoms with Gasteiger partial charge < -0.3 is 25.0 Å². The number of carbonyl (C=O) groups excluding carboxylic acids is 2. The summed E-state index contributed by atoms with van der Waals surface area (Å²) in [5.41, 5.74) is 4.28. The van der Waals surface area contributed by atoms with E-state index in [9.17, 15) is 14.7 Å². The monoisotopic (exact) mass is 519 g/mol. The van der Waals surface area contributed by atoms with Gasteiger partial charge >= 0.3 is 0 Å². The van der Waals surface area contributed by atoms with Crippen LogP contribution in [-0.4, -0.2) is 98.5 Å². The van der Waals surface area contributed by atoms with Gasteiger partial charge in [0, 0.05) is 75.8 Å². The van der Waals surface area contributed by atoms with Crippen LogP contribution >= 0.6 is 0 Å². The van der Waals surface area contributed by atoms with Crippen molar-refractivity contribution in [1.82, 2.24) is 29.3 Å². The highest BCUT2D eigenvalue weighted by Crippen LogP contribution is 2.27. The zero-order chi connectivity index (χ0) is 26.6. The number of aliphatic hydroxyl groups excluding tert-OH is 1. The topological polar surface area (TPSA) is 116 Å². The second-order valence-electron chi connectivity index (χ2n) is 9.38. The molecule has 2 N–H and O–H groups in total. The molecule has 3 aromatic rings. The van der Waals surface area contributed by atoms with Crippen molar-refractivity contribution in [1.29, 1.82) is 0 Å². The smallest absolute Gasteiger partial charge is 0.253 e. The number of hydrogen-bond acceptors (Lipinski definition) is 8. The maximum Gasteiger partial charge on any atom is 0.253 e. The Kier molecular flexibility index (Phi) is 7.68. The van der Waals surface area contributed by atoms with E-state index < -0.39 is 6.41 Å². The van der Waals surface area contributed by atoms with Gasteiger partial charge in [0.2, 0.25) is 18.3 Å². The van der Waals surface area contributed by atoms with Crippen LogP contribution in [0.2, 0.25) is 0 Å². The largest absolute Gasteiger partial charge is 0.356 e. The number of amides is 2. The van der Waals surface area contributed by atoms with Gasteiger partial charge in [0.1, 0.15) is 0 Å². The minimum absolute atomic E-state index is 0.0386. The summed E-state index contributed by atoms with van der Waals surface area (Å²) < 4.78 is 7.05. The van der Waals surface area contributed by atoms with E-state index in [0.717, 1.165) is 28.9 Å². The fourth-order valence-electron chi connectivity index (χ4n) is 4.83. The van der Waals surface area contributed by atoms with Crippen LogP contribution < -0.4 is 5.32 Å². The Hall–Kier alpha value is -3.80. The quantitative estimate of drug-likeness (QED) is 0.457. The third kappa shape index (κ3) is 5.54. The van der Waals surface area contributed by atoms with Crippen LogP contribution in [0.15, 0.2) is 48.7 Å².